The zero-order chi connectivity index (χ0) is 21.1. The van der Waals surface area contributed by atoms with E-state index in [4.69, 9.17) is 17.0 Å². The predicted molar refractivity (Wildman–Crippen MR) is 123 cm³/mol. The highest BCUT2D eigenvalue weighted by Crippen LogP contribution is 2.31. The maximum atomic E-state index is 11.4. The molecule has 5 nitrogen and oxygen atoms in total. The van der Waals surface area contributed by atoms with Crippen molar-refractivity contribution in [3.05, 3.63) is 82.7 Å². The lowest BCUT2D eigenvalue weighted by atomic mass is 10.0. The lowest BCUT2D eigenvalue weighted by Crippen LogP contribution is -2.23. The second-order valence-electron chi connectivity index (χ2n) is 7.47. The minimum Gasteiger partial charge on any atom is -0.469 e. The molecule has 1 saturated heterocycles. The number of hydrogen-bond donors (Lipinski definition) is 3. The molecule has 0 radical (unpaired) electrons. The van der Waals surface area contributed by atoms with Crippen molar-refractivity contribution in [1.82, 2.24) is 10.6 Å². The second kappa shape index (κ2) is 9.20. The first-order valence-corrected chi connectivity index (χ1v) is 11.2. The summed E-state index contributed by atoms with van der Waals surface area (Å²) >= 11 is 6.44. The van der Waals surface area contributed by atoms with E-state index in [-0.39, 0.29) is 16.7 Å². The Morgan fingerprint density at radius 2 is 1.90 bits per heavy atom. The lowest BCUT2D eigenvalue weighted by Gasteiger charge is -2.15. The third-order valence-corrected chi connectivity index (χ3v) is 6.89. The Bertz CT molecular complexity index is 960. The third-order valence-electron chi connectivity index (χ3n) is 5.35. The van der Waals surface area contributed by atoms with Gasteiger partial charge in [0, 0.05) is 5.56 Å². The van der Waals surface area contributed by atoms with Crippen molar-refractivity contribution in [2.75, 3.05) is 0 Å². The normalized spacial score (nSPS) is 21.9. The topological polar surface area (TPSA) is 70.6 Å². The predicted octanol–water partition coefficient (Wildman–Crippen LogP) is 4.75. The molecule has 3 N–H and O–H groups in total. The first kappa shape index (κ1) is 20.9. The number of ether oxygens (including phenoxy) is 1. The number of thiocarbonyl (C=S) groups is 1. The zero-order valence-corrected chi connectivity index (χ0v) is 18.3. The molecule has 0 aliphatic carbocycles. The van der Waals surface area contributed by atoms with E-state index in [1.165, 1.54) is 11.8 Å². The Morgan fingerprint density at radius 3 is 2.57 bits per heavy atom. The molecule has 2 unspecified atom stereocenters. The molecule has 2 aliphatic heterocycles. The molecule has 1 amide bonds. The van der Waals surface area contributed by atoms with Gasteiger partial charge in [-0.25, -0.2) is 0 Å². The summed E-state index contributed by atoms with van der Waals surface area (Å²) in [6, 6.07) is 17.9. The fourth-order valence-corrected chi connectivity index (χ4v) is 4.88. The van der Waals surface area contributed by atoms with Crippen LogP contribution in [-0.2, 0) is 11.2 Å². The number of nitrogens with one attached hydrogen (secondary N) is 2. The minimum atomic E-state index is -0.554. The Labute approximate surface area is 185 Å². The van der Waals surface area contributed by atoms with Gasteiger partial charge in [-0.1, -0.05) is 78.6 Å². The Balaban J connectivity index is 1.30. The van der Waals surface area contributed by atoms with Gasteiger partial charge < -0.3 is 20.5 Å². The standard InChI is InChI=1S/C23H24N2O3S2/c1-14-18(24-21(28-14)17-5-3-2-4-6-17)11-12-19(26)16-9-7-15(8-10-16)13-20-22(29)25-23(27)30-20/h2-10,19-21,24,26H,11-13H2,1H3,(H,25,27,29)/t19-,20?,21?/m1/s1. The molecule has 2 heterocycles. The van der Waals surface area contributed by atoms with E-state index in [1.807, 2.05) is 61.5 Å². The molecule has 1 fully saturated rings. The van der Waals surface area contributed by atoms with Crippen LogP contribution >= 0.6 is 24.0 Å². The van der Waals surface area contributed by atoms with Crippen LogP contribution in [0.4, 0.5) is 4.79 Å². The Morgan fingerprint density at radius 1 is 1.17 bits per heavy atom. The van der Waals surface area contributed by atoms with Gasteiger partial charge in [0.15, 0.2) is 6.23 Å². The SMILES string of the molecule is CC1=C(CC[C@@H](O)c2ccc(CC3SC(=O)NC3=S)cc2)NC(c2ccccc2)O1. The van der Waals surface area contributed by atoms with Crippen LogP contribution in [0.15, 0.2) is 66.1 Å². The quantitative estimate of drug-likeness (QED) is 0.540. The average molecular weight is 441 g/mol. The van der Waals surface area contributed by atoms with Gasteiger partial charge in [0.1, 0.15) is 5.76 Å². The van der Waals surface area contributed by atoms with Crippen LogP contribution in [0, 0.1) is 0 Å². The molecule has 2 aromatic rings. The van der Waals surface area contributed by atoms with Crippen molar-refractivity contribution >= 4 is 34.2 Å². The summed E-state index contributed by atoms with van der Waals surface area (Å²) < 4.78 is 5.94. The maximum absolute atomic E-state index is 11.4. The molecule has 0 spiro atoms. The smallest absolute Gasteiger partial charge is 0.284 e. The minimum absolute atomic E-state index is 0.0100. The molecule has 0 bridgehead atoms. The van der Waals surface area contributed by atoms with Gasteiger partial charge in [0.05, 0.1) is 22.0 Å². The van der Waals surface area contributed by atoms with Crippen LogP contribution < -0.4 is 10.6 Å². The van der Waals surface area contributed by atoms with Crippen LogP contribution in [0.1, 0.15) is 48.8 Å². The summed E-state index contributed by atoms with van der Waals surface area (Å²) in [5.41, 5.74) is 4.09. The zero-order valence-electron chi connectivity index (χ0n) is 16.6. The van der Waals surface area contributed by atoms with Crippen LogP contribution in [0.2, 0.25) is 0 Å². The number of amides is 1. The number of aliphatic hydroxyl groups excluding tert-OH is 1. The van der Waals surface area contributed by atoms with Gasteiger partial charge in [0.25, 0.3) is 5.24 Å². The number of allylic oxidation sites excluding steroid dienone is 2. The maximum Gasteiger partial charge on any atom is 0.284 e. The highest BCUT2D eigenvalue weighted by molar-refractivity contribution is 8.16. The van der Waals surface area contributed by atoms with E-state index in [0.29, 0.717) is 24.3 Å². The number of thioether (sulfide) groups is 1. The third kappa shape index (κ3) is 4.86. The van der Waals surface area contributed by atoms with E-state index in [1.54, 1.807) is 0 Å². The van der Waals surface area contributed by atoms with Crippen molar-refractivity contribution in [3.8, 4) is 0 Å². The number of benzene rings is 2. The summed E-state index contributed by atoms with van der Waals surface area (Å²) in [6.07, 6.45) is 1.29. The highest BCUT2D eigenvalue weighted by atomic mass is 32.2. The van der Waals surface area contributed by atoms with E-state index in [9.17, 15) is 9.90 Å². The molecule has 4 rings (SSSR count). The van der Waals surface area contributed by atoms with Gasteiger partial charge in [0.2, 0.25) is 0 Å². The summed E-state index contributed by atoms with van der Waals surface area (Å²) in [5, 5.41) is 16.6. The fourth-order valence-electron chi connectivity index (χ4n) is 3.63. The number of carbonyl (C=O) groups excluding carboxylic acids is 1. The molecule has 7 heteroatoms. The number of rotatable bonds is 7. The van der Waals surface area contributed by atoms with Gasteiger partial charge >= 0.3 is 0 Å². The van der Waals surface area contributed by atoms with Gasteiger partial charge in [-0.15, -0.1) is 0 Å². The van der Waals surface area contributed by atoms with Gasteiger partial charge in [-0.3, -0.25) is 4.79 Å². The van der Waals surface area contributed by atoms with E-state index < -0.39 is 6.10 Å². The number of carbonyl (C=O) groups is 1. The van der Waals surface area contributed by atoms with E-state index in [0.717, 1.165) is 28.1 Å². The van der Waals surface area contributed by atoms with Crippen molar-refractivity contribution in [1.29, 1.82) is 0 Å². The van der Waals surface area contributed by atoms with Gasteiger partial charge in [-0.2, -0.15) is 0 Å². The summed E-state index contributed by atoms with van der Waals surface area (Å²) in [4.78, 5) is 12.0. The Kier molecular flexibility index (Phi) is 6.41. The molecular weight excluding hydrogens is 416 g/mol. The molecule has 0 aromatic heterocycles. The second-order valence-corrected chi connectivity index (χ2v) is 9.09. The first-order valence-electron chi connectivity index (χ1n) is 9.96. The molecule has 0 saturated carbocycles. The molecule has 3 atom stereocenters. The van der Waals surface area contributed by atoms with Crippen LogP contribution in [0.3, 0.4) is 0 Å². The van der Waals surface area contributed by atoms with Crippen LogP contribution in [0.5, 0.6) is 0 Å². The van der Waals surface area contributed by atoms with Gasteiger partial charge in [-0.05, 0) is 37.3 Å². The van der Waals surface area contributed by atoms with E-state index >= 15 is 0 Å². The van der Waals surface area contributed by atoms with Crippen molar-refractivity contribution in [2.24, 2.45) is 0 Å². The Hall–Kier alpha value is -2.35. The largest absolute Gasteiger partial charge is 0.469 e. The average Bonchev–Trinajstić information content (AvgIpc) is 3.28. The number of hydrogen-bond acceptors (Lipinski definition) is 6. The van der Waals surface area contributed by atoms with Crippen molar-refractivity contribution in [2.45, 2.75) is 43.8 Å². The molecule has 30 heavy (non-hydrogen) atoms. The van der Waals surface area contributed by atoms with Crippen LogP contribution in [-0.4, -0.2) is 20.6 Å². The summed E-state index contributed by atoms with van der Waals surface area (Å²) in [7, 11) is 0. The lowest BCUT2D eigenvalue weighted by molar-refractivity contribution is 0.130. The van der Waals surface area contributed by atoms with Crippen molar-refractivity contribution in [3.63, 3.8) is 0 Å². The first-order chi connectivity index (χ1) is 14.5. The highest BCUT2D eigenvalue weighted by Gasteiger charge is 2.28. The van der Waals surface area contributed by atoms with Crippen molar-refractivity contribution < 1.29 is 14.6 Å². The molecule has 156 valence electrons. The number of aliphatic hydroxyl groups is 1. The van der Waals surface area contributed by atoms with Crippen LogP contribution in [0.25, 0.3) is 0 Å². The monoisotopic (exact) mass is 440 g/mol. The van der Waals surface area contributed by atoms with E-state index in [2.05, 4.69) is 10.6 Å². The summed E-state index contributed by atoms with van der Waals surface area (Å²) in [6.45, 7) is 1.96. The molecule has 2 aliphatic rings. The molecule has 2 aromatic carbocycles. The summed E-state index contributed by atoms with van der Waals surface area (Å²) in [5.74, 6) is 0.875. The molecular formula is C23H24N2O3S2. The fraction of sp³-hybridized carbons (Fsp3) is 0.304.